The number of benzene rings is 1. The Kier molecular flexibility index (Phi) is 4.00. The minimum Gasteiger partial charge on any atom is -0.366 e. The van der Waals surface area contributed by atoms with Crippen molar-refractivity contribution in [2.24, 2.45) is 23.7 Å². The van der Waals surface area contributed by atoms with Gasteiger partial charge in [-0.1, -0.05) is 24.3 Å². The second-order valence-electron chi connectivity index (χ2n) is 8.08. The summed E-state index contributed by atoms with van der Waals surface area (Å²) in [7, 11) is 0. The molecule has 6 nitrogen and oxygen atoms in total. The summed E-state index contributed by atoms with van der Waals surface area (Å²) in [4.78, 5) is 42.9. The first-order valence-corrected chi connectivity index (χ1v) is 9.85. The molecule has 28 heavy (non-hydrogen) atoms. The largest absolute Gasteiger partial charge is 0.366 e. The molecule has 7 heteroatoms. The maximum atomic E-state index is 14.0. The number of carbonyl (C=O) groups is 3. The number of hydrogen-bond acceptors (Lipinski definition) is 4. The van der Waals surface area contributed by atoms with Crippen molar-refractivity contribution in [1.82, 2.24) is 9.80 Å². The van der Waals surface area contributed by atoms with Crippen LogP contribution in [0.1, 0.15) is 6.42 Å². The van der Waals surface area contributed by atoms with Gasteiger partial charge in [0.25, 0.3) is 0 Å². The van der Waals surface area contributed by atoms with Crippen LogP contribution in [0.25, 0.3) is 0 Å². The van der Waals surface area contributed by atoms with E-state index in [1.165, 1.54) is 11.0 Å². The zero-order chi connectivity index (χ0) is 19.4. The highest BCUT2D eigenvalue weighted by molar-refractivity contribution is 6.08. The van der Waals surface area contributed by atoms with Gasteiger partial charge in [-0.05, 0) is 30.4 Å². The average Bonchev–Trinajstić information content (AvgIpc) is 3.38. The van der Waals surface area contributed by atoms with Crippen molar-refractivity contribution in [3.05, 3.63) is 42.2 Å². The van der Waals surface area contributed by atoms with Crippen LogP contribution in [-0.4, -0.2) is 60.2 Å². The molecule has 4 aliphatic rings. The predicted octanol–water partition coefficient (Wildman–Crippen LogP) is 1.28. The first-order valence-electron chi connectivity index (χ1n) is 9.85. The number of hydrogen-bond donors (Lipinski definition) is 0. The van der Waals surface area contributed by atoms with E-state index in [1.807, 2.05) is 17.1 Å². The molecule has 2 aliphatic heterocycles. The third-order valence-electron chi connectivity index (χ3n) is 6.68. The number of allylic oxidation sites excluding steroid dienone is 2. The lowest BCUT2D eigenvalue weighted by Gasteiger charge is -2.36. The summed E-state index contributed by atoms with van der Waals surface area (Å²) in [6, 6.07) is 6.60. The van der Waals surface area contributed by atoms with E-state index >= 15 is 0 Å². The molecule has 0 radical (unpaired) electrons. The van der Waals surface area contributed by atoms with Crippen molar-refractivity contribution in [1.29, 1.82) is 0 Å². The van der Waals surface area contributed by atoms with Crippen LogP contribution in [0.3, 0.4) is 0 Å². The fourth-order valence-corrected chi connectivity index (χ4v) is 5.26. The molecular formula is C21H22FN3O3. The number of rotatable bonds is 3. The lowest BCUT2D eigenvalue weighted by molar-refractivity contribution is -0.147. The predicted molar refractivity (Wildman–Crippen MR) is 99.6 cm³/mol. The minimum absolute atomic E-state index is 0.149. The standard InChI is InChI=1S/C21H22FN3O3/c22-15-3-1-2-4-16(15)23-7-9-24(10-8-23)17(26)12-25-20(27)18-13-5-6-14(11-13)19(18)21(25)28/h1-6,13-14,18-19H,7-12H2/t13-,14-,18-,19+/m0/s1. The van der Waals surface area contributed by atoms with E-state index in [9.17, 15) is 18.8 Å². The quantitative estimate of drug-likeness (QED) is 0.583. The first-order chi connectivity index (χ1) is 13.5. The van der Waals surface area contributed by atoms with E-state index < -0.39 is 0 Å². The van der Waals surface area contributed by atoms with Gasteiger partial charge in [-0.3, -0.25) is 19.3 Å². The van der Waals surface area contributed by atoms with Crippen LogP contribution in [-0.2, 0) is 14.4 Å². The van der Waals surface area contributed by atoms with Crippen molar-refractivity contribution in [3.8, 4) is 0 Å². The lowest BCUT2D eigenvalue weighted by Crippen LogP contribution is -2.52. The minimum atomic E-state index is -0.273. The van der Waals surface area contributed by atoms with E-state index in [-0.39, 0.29) is 53.8 Å². The molecule has 0 spiro atoms. The number of carbonyl (C=O) groups excluding carboxylic acids is 3. The second kappa shape index (κ2) is 6.43. The van der Waals surface area contributed by atoms with Crippen LogP contribution in [0, 0.1) is 29.5 Å². The molecule has 1 aromatic carbocycles. The normalized spacial score (nSPS) is 31.1. The molecule has 1 saturated carbocycles. The summed E-state index contributed by atoms with van der Waals surface area (Å²) in [5.41, 5.74) is 0.537. The second-order valence-corrected chi connectivity index (χ2v) is 8.08. The Morgan fingerprint density at radius 3 is 2.18 bits per heavy atom. The summed E-state index contributed by atoms with van der Waals surface area (Å²) in [5, 5.41) is 0. The number of amides is 3. The van der Waals surface area contributed by atoms with E-state index in [1.54, 1.807) is 23.1 Å². The van der Waals surface area contributed by atoms with Gasteiger partial charge in [0.1, 0.15) is 12.4 Å². The number of halogens is 1. The number of anilines is 1. The summed E-state index contributed by atoms with van der Waals surface area (Å²) in [6.07, 6.45) is 4.97. The maximum absolute atomic E-state index is 14.0. The molecule has 146 valence electrons. The Bertz CT molecular complexity index is 847. The number of fused-ring (bicyclic) bond motifs is 5. The third-order valence-corrected chi connectivity index (χ3v) is 6.68. The van der Waals surface area contributed by atoms with Crippen LogP contribution in [0.5, 0.6) is 0 Å². The number of likely N-dealkylation sites (tertiary alicyclic amines) is 1. The van der Waals surface area contributed by atoms with Crippen molar-refractivity contribution < 1.29 is 18.8 Å². The molecule has 0 unspecified atom stereocenters. The summed E-state index contributed by atoms with van der Waals surface area (Å²) in [6.45, 7) is 1.76. The number of piperazine rings is 1. The van der Waals surface area contributed by atoms with Gasteiger partial charge in [-0.25, -0.2) is 4.39 Å². The van der Waals surface area contributed by atoms with Crippen molar-refractivity contribution >= 4 is 23.4 Å². The SMILES string of the molecule is O=C(CN1C(=O)[C@@H]2[C@H](C1=O)[C@H]1C=C[C@H]2C1)N1CCN(c2ccccc2F)CC1. The molecule has 1 aromatic rings. The Hall–Kier alpha value is -2.70. The molecule has 2 heterocycles. The highest BCUT2D eigenvalue weighted by Crippen LogP contribution is 2.52. The Morgan fingerprint density at radius 2 is 1.57 bits per heavy atom. The monoisotopic (exact) mass is 383 g/mol. The van der Waals surface area contributed by atoms with Crippen LogP contribution in [0.4, 0.5) is 10.1 Å². The molecule has 2 bridgehead atoms. The van der Waals surface area contributed by atoms with Gasteiger partial charge in [-0.15, -0.1) is 0 Å². The van der Waals surface area contributed by atoms with Crippen molar-refractivity contribution in [3.63, 3.8) is 0 Å². The highest BCUT2D eigenvalue weighted by Gasteiger charge is 2.59. The summed E-state index contributed by atoms with van der Waals surface area (Å²) < 4.78 is 14.0. The summed E-state index contributed by atoms with van der Waals surface area (Å²) in [5.74, 6) is -1.11. The van der Waals surface area contributed by atoms with Crippen molar-refractivity contribution in [2.75, 3.05) is 37.6 Å². The van der Waals surface area contributed by atoms with Crippen LogP contribution < -0.4 is 4.90 Å². The zero-order valence-corrected chi connectivity index (χ0v) is 15.5. The van der Waals surface area contributed by atoms with E-state index in [0.29, 0.717) is 31.9 Å². The molecule has 2 saturated heterocycles. The van der Waals surface area contributed by atoms with Gasteiger partial charge < -0.3 is 9.80 Å². The molecule has 3 fully saturated rings. The summed E-state index contributed by atoms with van der Waals surface area (Å²) >= 11 is 0. The van der Waals surface area contributed by atoms with Gasteiger partial charge in [0.05, 0.1) is 17.5 Å². The molecule has 4 atom stereocenters. The maximum Gasteiger partial charge on any atom is 0.242 e. The molecule has 0 aromatic heterocycles. The van der Waals surface area contributed by atoms with Gasteiger partial charge >= 0.3 is 0 Å². The molecule has 0 N–H and O–H groups in total. The zero-order valence-electron chi connectivity index (χ0n) is 15.5. The number of nitrogens with zero attached hydrogens (tertiary/aromatic N) is 3. The topological polar surface area (TPSA) is 60.9 Å². The highest BCUT2D eigenvalue weighted by atomic mass is 19.1. The molecular weight excluding hydrogens is 361 g/mol. The number of imide groups is 1. The Labute approximate surface area is 162 Å². The average molecular weight is 383 g/mol. The Balaban J connectivity index is 1.21. The van der Waals surface area contributed by atoms with Crippen LogP contribution in [0.2, 0.25) is 0 Å². The molecule has 3 amide bonds. The van der Waals surface area contributed by atoms with E-state index in [4.69, 9.17) is 0 Å². The molecule has 2 aliphatic carbocycles. The third kappa shape index (κ3) is 2.56. The lowest BCUT2D eigenvalue weighted by atomic mass is 9.85. The van der Waals surface area contributed by atoms with E-state index in [0.717, 1.165) is 6.42 Å². The van der Waals surface area contributed by atoms with Gasteiger partial charge in [-0.2, -0.15) is 0 Å². The van der Waals surface area contributed by atoms with Crippen molar-refractivity contribution in [2.45, 2.75) is 6.42 Å². The van der Waals surface area contributed by atoms with Crippen LogP contribution in [0.15, 0.2) is 36.4 Å². The fourth-order valence-electron chi connectivity index (χ4n) is 5.26. The van der Waals surface area contributed by atoms with Gasteiger partial charge in [0.15, 0.2) is 0 Å². The smallest absolute Gasteiger partial charge is 0.242 e. The fraction of sp³-hybridized carbons (Fsp3) is 0.476. The van der Waals surface area contributed by atoms with Gasteiger partial charge in [0.2, 0.25) is 17.7 Å². The number of para-hydroxylation sites is 1. The van der Waals surface area contributed by atoms with Gasteiger partial charge in [0, 0.05) is 26.2 Å². The van der Waals surface area contributed by atoms with Crippen LogP contribution >= 0.6 is 0 Å². The first kappa shape index (κ1) is 17.4. The Morgan fingerprint density at radius 1 is 0.964 bits per heavy atom. The van der Waals surface area contributed by atoms with E-state index in [2.05, 4.69) is 0 Å². The molecule has 5 rings (SSSR count).